The summed E-state index contributed by atoms with van der Waals surface area (Å²) < 4.78 is 0. The first-order chi connectivity index (χ1) is 6.90. The minimum Gasteiger partial charge on any atom is -0.316 e. The molecule has 3 nitrogen and oxygen atoms in total. The van der Waals surface area contributed by atoms with E-state index in [0.29, 0.717) is 0 Å². The fourth-order valence-corrected chi connectivity index (χ4v) is 2.16. The minimum atomic E-state index is 0.766. The van der Waals surface area contributed by atoms with Gasteiger partial charge in [-0.15, -0.1) is 0 Å². The van der Waals surface area contributed by atoms with Crippen LogP contribution in [0.2, 0.25) is 0 Å². The molecule has 1 heterocycles. The van der Waals surface area contributed by atoms with Crippen LogP contribution in [0, 0.1) is 0 Å². The molecule has 0 atom stereocenters. The Morgan fingerprint density at radius 3 is 2.57 bits per heavy atom. The summed E-state index contributed by atoms with van der Waals surface area (Å²) in [7, 11) is 2.01. The lowest BCUT2D eigenvalue weighted by atomic mass is 10.1. The van der Waals surface area contributed by atoms with Crippen LogP contribution in [-0.4, -0.2) is 17.2 Å². The van der Waals surface area contributed by atoms with Gasteiger partial charge in [0, 0.05) is 29.6 Å². The first-order valence-corrected chi connectivity index (χ1v) is 5.61. The summed E-state index contributed by atoms with van der Waals surface area (Å²) >= 11 is 0. The van der Waals surface area contributed by atoms with E-state index in [4.69, 9.17) is 0 Å². The van der Waals surface area contributed by atoms with Crippen LogP contribution >= 0.6 is 0 Å². The van der Waals surface area contributed by atoms with Crippen LogP contribution in [0.3, 0.4) is 0 Å². The number of aromatic amines is 1. The number of hydrogen-bond acceptors (Lipinski definition) is 2. The van der Waals surface area contributed by atoms with Gasteiger partial charge in [0.25, 0.3) is 0 Å². The number of rotatable bonds is 4. The Hall–Kier alpha value is -0.830. The smallest absolute Gasteiger partial charge is 0.0700 e. The molecule has 2 fully saturated rings. The molecule has 0 aliphatic heterocycles. The summed E-state index contributed by atoms with van der Waals surface area (Å²) in [5, 5.41) is 11.0. The fraction of sp³-hybridized carbons (Fsp3) is 0.727. The highest BCUT2D eigenvalue weighted by molar-refractivity contribution is 5.34. The molecule has 0 bridgehead atoms. The van der Waals surface area contributed by atoms with Crippen LogP contribution in [0.4, 0.5) is 0 Å². The molecule has 1 aromatic heterocycles. The number of H-pyrrole nitrogens is 1. The van der Waals surface area contributed by atoms with E-state index in [1.807, 2.05) is 7.05 Å². The summed E-state index contributed by atoms with van der Waals surface area (Å²) in [6.45, 7) is 0.980. The zero-order valence-corrected chi connectivity index (χ0v) is 8.64. The summed E-state index contributed by atoms with van der Waals surface area (Å²) in [5.74, 6) is 1.56. The molecule has 14 heavy (non-hydrogen) atoms. The van der Waals surface area contributed by atoms with Gasteiger partial charge in [0.05, 0.1) is 5.69 Å². The average Bonchev–Trinajstić information content (AvgIpc) is 3.08. The van der Waals surface area contributed by atoms with Gasteiger partial charge in [-0.05, 0) is 32.7 Å². The molecule has 0 unspecified atom stereocenters. The van der Waals surface area contributed by atoms with Gasteiger partial charge in [0.15, 0.2) is 0 Å². The van der Waals surface area contributed by atoms with E-state index in [9.17, 15) is 0 Å². The van der Waals surface area contributed by atoms with Crippen LogP contribution in [0.15, 0.2) is 0 Å². The van der Waals surface area contributed by atoms with Crippen molar-refractivity contribution in [2.45, 2.75) is 44.1 Å². The largest absolute Gasteiger partial charge is 0.316 e. The predicted molar refractivity (Wildman–Crippen MR) is 55.3 cm³/mol. The summed E-state index contributed by atoms with van der Waals surface area (Å²) in [6.07, 6.45) is 5.38. The Balaban J connectivity index is 1.93. The lowest BCUT2D eigenvalue weighted by molar-refractivity contribution is 0.791. The standard InChI is InChI=1S/C11H17N3/c1-12-6-9-10(7-2-3-7)13-14-11(9)8-4-5-8/h7-8,12H,2-6H2,1H3,(H,13,14). The van der Waals surface area contributed by atoms with Crippen molar-refractivity contribution in [3.05, 3.63) is 17.0 Å². The molecule has 0 saturated heterocycles. The van der Waals surface area contributed by atoms with E-state index in [1.54, 1.807) is 0 Å². The third kappa shape index (κ3) is 1.36. The third-order valence-electron chi connectivity index (χ3n) is 3.23. The molecular formula is C11H17N3. The van der Waals surface area contributed by atoms with Crippen LogP contribution in [0.5, 0.6) is 0 Å². The van der Waals surface area contributed by atoms with Gasteiger partial charge in [0.1, 0.15) is 0 Å². The van der Waals surface area contributed by atoms with Crippen LogP contribution < -0.4 is 5.32 Å². The lowest BCUT2D eigenvalue weighted by Crippen LogP contribution is -2.08. The molecule has 76 valence electrons. The molecule has 0 radical (unpaired) electrons. The highest BCUT2D eigenvalue weighted by atomic mass is 15.1. The third-order valence-corrected chi connectivity index (χ3v) is 3.23. The Labute approximate surface area is 84.3 Å². The Morgan fingerprint density at radius 2 is 2.00 bits per heavy atom. The topological polar surface area (TPSA) is 40.7 Å². The molecule has 2 aliphatic carbocycles. The van der Waals surface area contributed by atoms with E-state index in [2.05, 4.69) is 15.5 Å². The molecule has 0 spiro atoms. The lowest BCUT2D eigenvalue weighted by Gasteiger charge is -2.03. The number of nitrogens with zero attached hydrogens (tertiary/aromatic N) is 1. The van der Waals surface area contributed by atoms with E-state index < -0.39 is 0 Å². The highest BCUT2D eigenvalue weighted by Gasteiger charge is 2.34. The predicted octanol–water partition coefficient (Wildman–Crippen LogP) is 1.88. The number of hydrogen-bond donors (Lipinski definition) is 2. The Bertz CT molecular complexity index is 305. The highest BCUT2D eigenvalue weighted by Crippen LogP contribution is 2.46. The zero-order chi connectivity index (χ0) is 9.54. The maximum atomic E-state index is 4.49. The second kappa shape index (κ2) is 3.09. The van der Waals surface area contributed by atoms with E-state index >= 15 is 0 Å². The van der Waals surface area contributed by atoms with Crippen molar-refractivity contribution in [3.8, 4) is 0 Å². The Kier molecular flexibility index (Phi) is 1.87. The van der Waals surface area contributed by atoms with Gasteiger partial charge in [-0.25, -0.2) is 0 Å². The van der Waals surface area contributed by atoms with Crippen molar-refractivity contribution in [1.29, 1.82) is 0 Å². The van der Waals surface area contributed by atoms with Gasteiger partial charge in [0.2, 0.25) is 0 Å². The first-order valence-electron chi connectivity index (χ1n) is 5.61. The molecule has 3 heteroatoms. The monoisotopic (exact) mass is 191 g/mol. The molecule has 2 N–H and O–H groups in total. The normalized spacial score (nSPS) is 21.5. The van der Waals surface area contributed by atoms with Gasteiger partial charge in [-0.2, -0.15) is 5.10 Å². The van der Waals surface area contributed by atoms with E-state index in [1.165, 1.54) is 42.6 Å². The van der Waals surface area contributed by atoms with E-state index in [0.717, 1.165) is 18.4 Å². The van der Waals surface area contributed by atoms with Gasteiger partial charge >= 0.3 is 0 Å². The molecular weight excluding hydrogens is 174 g/mol. The first kappa shape index (κ1) is 8.48. The van der Waals surface area contributed by atoms with Crippen LogP contribution in [0.1, 0.15) is 54.5 Å². The van der Waals surface area contributed by atoms with Crippen molar-refractivity contribution in [2.24, 2.45) is 0 Å². The maximum Gasteiger partial charge on any atom is 0.0700 e. The van der Waals surface area contributed by atoms with Gasteiger partial charge in [-0.1, -0.05) is 0 Å². The Morgan fingerprint density at radius 1 is 1.29 bits per heavy atom. The summed E-state index contributed by atoms with van der Waals surface area (Å²) in [5.41, 5.74) is 4.24. The molecule has 2 aliphatic rings. The van der Waals surface area contributed by atoms with Gasteiger partial charge in [-0.3, -0.25) is 5.10 Å². The number of nitrogens with one attached hydrogen (secondary N) is 2. The van der Waals surface area contributed by atoms with Gasteiger partial charge < -0.3 is 5.32 Å². The fourth-order valence-electron chi connectivity index (χ4n) is 2.16. The second-order valence-electron chi connectivity index (χ2n) is 4.58. The molecule has 0 aromatic carbocycles. The summed E-state index contributed by atoms with van der Waals surface area (Å²) in [4.78, 5) is 0. The molecule has 3 rings (SSSR count). The average molecular weight is 191 g/mol. The molecule has 0 amide bonds. The molecule has 1 aromatic rings. The van der Waals surface area contributed by atoms with Crippen molar-refractivity contribution in [1.82, 2.24) is 15.5 Å². The van der Waals surface area contributed by atoms with Crippen molar-refractivity contribution >= 4 is 0 Å². The second-order valence-corrected chi connectivity index (χ2v) is 4.58. The SMILES string of the molecule is CNCc1c(C2CC2)n[nH]c1C1CC1. The summed E-state index contributed by atoms with van der Waals surface area (Å²) in [6, 6.07) is 0. The molecule has 2 saturated carbocycles. The van der Waals surface area contributed by atoms with Crippen molar-refractivity contribution < 1.29 is 0 Å². The minimum absolute atomic E-state index is 0.766. The van der Waals surface area contributed by atoms with Crippen LogP contribution in [-0.2, 0) is 6.54 Å². The van der Waals surface area contributed by atoms with Crippen molar-refractivity contribution in [2.75, 3.05) is 7.05 Å². The van der Waals surface area contributed by atoms with Crippen LogP contribution in [0.25, 0.3) is 0 Å². The number of aromatic nitrogens is 2. The quantitative estimate of drug-likeness (QED) is 0.763. The van der Waals surface area contributed by atoms with Crippen molar-refractivity contribution in [3.63, 3.8) is 0 Å². The zero-order valence-electron chi connectivity index (χ0n) is 8.64. The van der Waals surface area contributed by atoms with E-state index in [-0.39, 0.29) is 0 Å². The maximum absolute atomic E-state index is 4.49.